The summed E-state index contributed by atoms with van der Waals surface area (Å²) < 4.78 is 6.61. The van der Waals surface area contributed by atoms with E-state index < -0.39 is 11.8 Å². The molecule has 1 fully saturated rings. The number of methoxy groups -OCH3 is 1. The highest BCUT2D eigenvalue weighted by Crippen LogP contribution is 2.23. The van der Waals surface area contributed by atoms with Crippen LogP contribution in [0.15, 0.2) is 12.4 Å². The summed E-state index contributed by atoms with van der Waals surface area (Å²) in [6.45, 7) is 3.31. The molecule has 1 saturated carbocycles. The second-order valence-corrected chi connectivity index (χ2v) is 5.88. The van der Waals surface area contributed by atoms with Crippen molar-refractivity contribution in [2.75, 3.05) is 19.0 Å². The van der Waals surface area contributed by atoms with E-state index in [1.807, 2.05) is 0 Å². The predicted octanol–water partition coefficient (Wildman–Crippen LogP) is 1.16. The number of ether oxygens (including phenoxy) is 1. The van der Waals surface area contributed by atoms with Gasteiger partial charge in [0.05, 0.1) is 25.0 Å². The molecule has 2 atom stereocenters. The van der Waals surface area contributed by atoms with Crippen LogP contribution in [0.3, 0.4) is 0 Å². The Morgan fingerprint density at radius 2 is 2.23 bits per heavy atom. The van der Waals surface area contributed by atoms with Gasteiger partial charge in [-0.3, -0.25) is 14.3 Å². The van der Waals surface area contributed by atoms with Crippen LogP contribution in [0.4, 0.5) is 5.69 Å². The molecule has 0 spiro atoms. The molecule has 1 heterocycles. The maximum atomic E-state index is 11.9. The zero-order chi connectivity index (χ0) is 15.9. The smallest absolute Gasteiger partial charge is 0.313 e. The van der Waals surface area contributed by atoms with Gasteiger partial charge in [-0.25, -0.2) is 0 Å². The number of amides is 2. The molecule has 2 amide bonds. The minimum absolute atomic E-state index is 0.103. The molecule has 2 rings (SSSR count). The number of carbonyl (C=O) groups excluding carboxylic acids is 2. The molecule has 1 aromatic heterocycles. The highest BCUT2D eigenvalue weighted by molar-refractivity contribution is 6.39. The van der Waals surface area contributed by atoms with E-state index in [0.29, 0.717) is 24.8 Å². The molecule has 0 aromatic carbocycles. The van der Waals surface area contributed by atoms with Crippen LogP contribution >= 0.6 is 0 Å². The Balaban J connectivity index is 1.80. The van der Waals surface area contributed by atoms with Gasteiger partial charge in [0, 0.05) is 19.3 Å². The molecule has 2 unspecified atom stereocenters. The normalized spacial score (nSPS) is 21.4. The van der Waals surface area contributed by atoms with Crippen molar-refractivity contribution in [1.82, 2.24) is 15.1 Å². The van der Waals surface area contributed by atoms with E-state index in [4.69, 9.17) is 4.74 Å². The van der Waals surface area contributed by atoms with Crippen LogP contribution in [-0.2, 0) is 20.9 Å². The van der Waals surface area contributed by atoms with Gasteiger partial charge in [0.2, 0.25) is 0 Å². The first kappa shape index (κ1) is 16.5. The fourth-order valence-electron chi connectivity index (χ4n) is 2.74. The summed E-state index contributed by atoms with van der Waals surface area (Å²) in [7, 11) is 1.61. The summed E-state index contributed by atoms with van der Waals surface area (Å²) in [5, 5.41) is 9.46. The van der Waals surface area contributed by atoms with Gasteiger partial charge in [-0.2, -0.15) is 5.10 Å². The lowest BCUT2D eigenvalue weighted by atomic mass is 9.87. The van der Waals surface area contributed by atoms with Crippen LogP contribution in [0.2, 0.25) is 0 Å². The third kappa shape index (κ3) is 4.84. The predicted molar refractivity (Wildman–Crippen MR) is 82.3 cm³/mol. The first-order valence-electron chi connectivity index (χ1n) is 7.71. The SMILES string of the molecule is COCCn1cc(NC(=O)C(=O)NC2CCCC(C)C2)cn1. The molecule has 0 bridgehead atoms. The average molecular weight is 308 g/mol. The van der Waals surface area contributed by atoms with E-state index in [-0.39, 0.29) is 6.04 Å². The first-order chi connectivity index (χ1) is 10.6. The number of rotatable bonds is 5. The van der Waals surface area contributed by atoms with Crippen molar-refractivity contribution in [3.8, 4) is 0 Å². The molecule has 7 nitrogen and oxygen atoms in total. The lowest BCUT2D eigenvalue weighted by Crippen LogP contribution is -2.43. The second kappa shape index (κ2) is 7.93. The molecular formula is C15H24N4O3. The van der Waals surface area contributed by atoms with Gasteiger partial charge < -0.3 is 15.4 Å². The minimum Gasteiger partial charge on any atom is -0.383 e. The lowest BCUT2D eigenvalue weighted by molar-refractivity contribution is -0.136. The number of aromatic nitrogens is 2. The van der Waals surface area contributed by atoms with Gasteiger partial charge in [-0.05, 0) is 18.8 Å². The molecule has 0 saturated heterocycles. The summed E-state index contributed by atoms with van der Waals surface area (Å²) in [4.78, 5) is 23.8. The Kier molecular flexibility index (Phi) is 5.94. The van der Waals surface area contributed by atoms with Crippen LogP contribution in [0, 0.1) is 5.92 Å². The monoisotopic (exact) mass is 308 g/mol. The summed E-state index contributed by atoms with van der Waals surface area (Å²) in [5.74, 6) is -0.630. The molecule has 2 N–H and O–H groups in total. The van der Waals surface area contributed by atoms with E-state index in [9.17, 15) is 9.59 Å². The first-order valence-corrected chi connectivity index (χ1v) is 7.71. The van der Waals surface area contributed by atoms with Crippen molar-refractivity contribution in [3.63, 3.8) is 0 Å². The summed E-state index contributed by atoms with van der Waals surface area (Å²) in [6.07, 6.45) is 7.36. The Morgan fingerprint density at radius 3 is 2.95 bits per heavy atom. The van der Waals surface area contributed by atoms with Crippen LogP contribution in [0.5, 0.6) is 0 Å². The number of carbonyl (C=O) groups is 2. The molecule has 1 aliphatic rings. The lowest BCUT2D eigenvalue weighted by Gasteiger charge is -2.27. The molecule has 7 heteroatoms. The van der Waals surface area contributed by atoms with Crippen molar-refractivity contribution < 1.29 is 14.3 Å². The van der Waals surface area contributed by atoms with Crippen LogP contribution < -0.4 is 10.6 Å². The molecule has 1 aliphatic carbocycles. The van der Waals surface area contributed by atoms with E-state index in [2.05, 4.69) is 22.7 Å². The Bertz CT molecular complexity index is 515. The van der Waals surface area contributed by atoms with Gasteiger partial charge in [-0.1, -0.05) is 19.8 Å². The number of hydrogen-bond donors (Lipinski definition) is 2. The number of hydrogen-bond acceptors (Lipinski definition) is 4. The van der Waals surface area contributed by atoms with E-state index in [1.165, 1.54) is 12.6 Å². The molecule has 122 valence electrons. The minimum atomic E-state index is -0.649. The molecule has 1 aromatic rings. The van der Waals surface area contributed by atoms with E-state index in [1.54, 1.807) is 18.0 Å². The fraction of sp³-hybridized carbons (Fsp3) is 0.667. The number of anilines is 1. The van der Waals surface area contributed by atoms with Gasteiger partial charge in [0.1, 0.15) is 0 Å². The summed E-state index contributed by atoms with van der Waals surface area (Å²) >= 11 is 0. The van der Waals surface area contributed by atoms with E-state index >= 15 is 0 Å². The van der Waals surface area contributed by atoms with Gasteiger partial charge in [-0.15, -0.1) is 0 Å². The van der Waals surface area contributed by atoms with Crippen molar-refractivity contribution in [3.05, 3.63) is 12.4 Å². The topological polar surface area (TPSA) is 85.2 Å². The molecule has 0 aliphatic heterocycles. The van der Waals surface area contributed by atoms with Crippen molar-refractivity contribution in [1.29, 1.82) is 0 Å². The quantitative estimate of drug-likeness (QED) is 0.799. The summed E-state index contributed by atoms with van der Waals surface area (Å²) in [6, 6.07) is 0.103. The van der Waals surface area contributed by atoms with Crippen LogP contribution in [-0.4, -0.2) is 41.4 Å². The maximum Gasteiger partial charge on any atom is 0.313 e. The van der Waals surface area contributed by atoms with Crippen LogP contribution in [0.25, 0.3) is 0 Å². The number of nitrogens with zero attached hydrogens (tertiary/aromatic N) is 2. The van der Waals surface area contributed by atoms with Crippen LogP contribution in [0.1, 0.15) is 32.6 Å². The Morgan fingerprint density at radius 1 is 1.41 bits per heavy atom. The summed E-state index contributed by atoms with van der Waals surface area (Å²) in [5.41, 5.74) is 0.508. The average Bonchev–Trinajstić information content (AvgIpc) is 2.92. The largest absolute Gasteiger partial charge is 0.383 e. The maximum absolute atomic E-state index is 11.9. The van der Waals surface area contributed by atoms with E-state index in [0.717, 1.165) is 19.3 Å². The second-order valence-electron chi connectivity index (χ2n) is 5.88. The fourth-order valence-corrected chi connectivity index (χ4v) is 2.74. The highest BCUT2D eigenvalue weighted by atomic mass is 16.5. The van der Waals surface area contributed by atoms with Gasteiger partial charge >= 0.3 is 11.8 Å². The number of nitrogens with one attached hydrogen (secondary N) is 2. The molecule has 0 radical (unpaired) electrons. The standard InChI is InChI=1S/C15H24N4O3/c1-11-4-3-5-12(8-11)17-14(20)15(21)18-13-9-16-19(10-13)6-7-22-2/h9-12H,3-8H2,1-2H3,(H,17,20)(H,18,21). The highest BCUT2D eigenvalue weighted by Gasteiger charge is 2.23. The van der Waals surface area contributed by atoms with Crippen molar-refractivity contribution >= 4 is 17.5 Å². The van der Waals surface area contributed by atoms with Crippen molar-refractivity contribution in [2.45, 2.75) is 45.2 Å². The third-order valence-corrected chi connectivity index (χ3v) is 3.89. The Labute approximate surface area is 130 Å². The molecular weight excluding hydrogens is 284 g/mol. The zero-order valence-electron chi connectivity index (χ0n) is 13.2. The zero-order valence-corrected chi connectivity index (χ0v) is 13.2. The van der Waals surface area contributed by atoms with Gasteiger partial charge in [0.25, 0.3) is 0 Å². The van der Waals surface area contributed by atoms with Crippen molar-refractivity contribution in [2.24, 2.45) is 5.92 Å². The molecule has 22 heavy (non-hydrogen) atoms. The Hall–Kier alpha value is -1.89. The van der Waals surface area contributed by atoms with Gasteiger partial charge in [0.15, 0.2) is 0 Å². The third-order valence-electron chi connectivity index (χ3n) is 3.89.